The van der Waals surface area contributed by atoms with Crippen LogP contribution in [0.2, 0.25) is 0 Å². The van der Waals surface area contributed by atoms with Crippen molar-refractivity contribution in [3.8, 4) is 0 Å². The van der Waals surface area contributed by atoms with Crippen LogP contribution in [0, 0.1) is 0 Å². The molecule has 1 saturated heterocycles. The first kappa shape index (κ1) is 11.3. The lowest BCUT2D eigenvalue weighted by Crippen LogP contribution is -2.45. The fraction of sp³-hybridized carbons (Fsp3) is 0.357. The van der Waals surface area contributed by atoms with Crippen LogP contribution in [0.4, 0.5) is 0 Å². The SMILES string of the molecule is O=C(NN1CCCCC1)c1cccc2[nH]ccc12. The van der Waals surface area contributed by atoms with Crippen LogP contribution in [0.1, 0.15) is 29.6 Å². The van der Waals surface area contributed by atoms with Gasteiger partial charge in [0, 0.05) is 30.2 Å². The molecule has 0 radical (unpaired) electrons. The van der Waals surface area contributed by atoms with E-state index < -0.39 is 0 Å². The number of aromatic nitrogens is 1. The molecule has 1 aliphatic heterocycles. The van der Waals surface area contributed by atoms with Gasteiger partial charge in [0.1, 0.15) is 0 Å². The van der Waals surface area contributed by atoms with Gasteiger partial charge in [-0.15, -0.1) is 0 Å². The summed E-state index contributed by atoms with van der Waals surface area (Å²) in [6.07, 6.45) is 5.45. The molecular weight excluding hydrogens is 226 g/mol. The highest BCUT2D eigenvalue weighted by molar-refractivity contribution is 6.06. The molecule has 1 fully saturated rings. The van der Waals surface area contributed by atoms with Crippen LogP contribution in [0.5, 0.6) is 0 Å². The summed E-state index contributed by atoms with van der Waals surface area (Å²) in [7, 11) is 0. The quantitative estimate of drug-likeness (QED) is 0.850. The van der Waals surface area contributed by atoms with Crippen molar-refractivity contribution in [3.05, 3.63) is 36.0 Å². The Kier molecular flexibility index (Phi) is 3.02. The summed E-state index contributed by atoms with van der Waals surface area (Å²) in [5, 5.41) is 3.00. The second-order valence-corrected chi connectivity index (χ2v) is 4.73. The number of carbonyl (C=O) groups excluding carboxylic acids is 1. The molecule has 3 rings (SSSR count). The Labute approximate surface area is 106 Å². The minimum absolute atomic E-state index is 0.0119. The first-order valence-electron chi connectivity index (χ1n) is 6.46. The molecule has 0 spiro atoms. The fourth-order valence-electron chi connectivity index (χ4n) is 2.49. The van der Waals surface area contributed by atoms with E-state index in [0.717, 1.165) is 42.4 Å². The Morgan fingerprint density at radius 3 is 2.83 bits per heavy atom. The minimum atomic E-state index is -0.0119. The standard InChI is InChI=1S/C14H17N3O/c18-14(16-17-9-2-1-3-10-17)12-5-4-6-13-11(12)7-8-15-13/h4-8,15H,1-3,9-10H2,(H,16,18). The van der Waals surface area contributed by atoms with E-state index >= 15 is 0 Å². The monoisotopic (exact) mass is 243 g/mol. The highest BCUT2D eigenvalue weighted by atomic mass is 16.2. The summed E-state index contributed by atoms with van der Waals surface area (Å²) < 4.78 is 0. The first-order chi connectivity index (χ1) is 8.84. The normalized spacial score (nSPS) is 16.9. The molecule has 2 aromatic rings. The van der Waals surface area contributed by atoms with Crippen molar-refractivity contribution in [1.82, 2.24) is 15.4 Å². The van der Waals surface area contributed by atoms with Crippen molar-refractivity contribution >= 4 is 16.8 Å². The van der Waals surface area contributed by atoms with Crippen molar-refractivity contribution < 1.29 is 4.79 Å². The summed E-state index contributed by atoms with van der Waals surface area (Å²) >= 11 is 0. The summed E-state index contributed by atoms with van der Waals surface area (Å²) in [6.45, 7) is 1.91. The second kappa shape index (κ2) is 4.82. The Hall–Kier alpha value is -1.81. The zero-order valence-corrected chi connectivity index (χ0v) is 10.3. The Morgan fingerprint density at radius 1 is 1.17 bits per heavy atom. The molecule has 0 atom stereocenters. The molecule has 4 heteroatoms. The summed E-state index contributed by atoms with van der Waals surface area (Å²) in [4.78, 5) is 15.4. The highest BCUT2D eigenvalue weighted by Gasteiger charge is 2.15. The third-order valence-corrected chi connectivity index (χ3v) is 3.46. The highest BCUT2D eigenvalue weighted by Crippen LogP contribution is 2.17. The number of fused-ring (bicyclic) bond motifs is 1. The molecule has 4 nitrogen and oxygen atoms in total. The summed E-state index contributed by atoms with van der Waals surface area (Å²) in [6, 6.07) is 7.70. The smallest absolute Gasteiger partial charge is 0.266 e. The topological polar surface area (TPSA) is 48.1 Å². The lowest BCUT2D eigenvalue weighted by atomic mass is 10.1. The van der Waals surface area contributed by atoms with E-state index in [1.165, 1.54) is 6.42 Å². The van der Waals surface area contributed by atoms with Crippen LogP contribution in [0.3, 0.4) is 0 Å². The molecule has 1 amide bonds. The Morgan fingerprint density at radius 2 is 2.00 bits per heavy atom. The predicted molar refractivity (Wildman–Crippen MR) is 71.2 cm³/mol. The van der Waals surface area contributed by atoms with Gasteiger partial charge in [-0.3, -0.25) is 10.2 Å². The molecule has 0 saturated carbocycles. The predicted octanol–water partition coefficient (Wildman–Crippen LogP) is 2.30. The van der Waals surface area contributed by atoms with Gasteiger partial charge >= 0.3 is 0 Å². The van der Waals surface area contributed by atoms with E-state index in [9.17, 15) is 4.79 Å². The van der Waals surface area contributed by atoms with E-state index in [1.54, 1.807) is 0 Å². The number of aromatic amines is 1. The van der Waals surface area contributed by atoms with Crippen LogP contribution < -0.4 is 5.43 Å². The Balaban J connectivity index is 1.81. The van der Waals surface area contributed by atoms with E-state index in [-0.39, 0.29) is 5.91 Å². The van der Waals surface area contributed by atoms with Crippen LogP contribution in [0.25, 0.3) is 10.9 Å². The number of benzene rings is 1. The molecule has 0 bridgehead atoms. The van der Waals surface area contributed by atoms with E-state index in [4.69, 9.17) is 0 Å². The van der Waals surface area contributed by atoms with Crippen molar-refractivity contribution in [3.63, 3.8) is 0 Å². The number of hydrazine groups is 1. The number of hydrogen-bond acceptors (Lipinski definition) is 2. The number of nitrogens with zero attached hydrogens (tertiary/aromatic N) is 1. The van der Waals surface area contributed by atoms with Gasteiger partial charge in [0.15, 0.2) is 0 Å². The number of H-pyrrole nitrogens is 1. The molecule has 1 aromatic carbocycles. The largest absolute Gasteiger partial charge is 0.361 e. The first-order valence-corrected chi connectivity index (χ1v) is 6.46. The molecule has 0 aliphatic carbocycles. The lowest BCUT2D eigenvalue weighted by molar-refractivity contribution is 0.0752. The molecule has 94 valence electrons. The summed E-state index contributed by atoms with van der Waals surface area (Å²) in [5.41, 5.74) is 4.73. The van der Waals surface area contributed by atoms with Crippen molar-refractivity contribution in [1.29, 1.82) is 0 Å². The number of carbonyl (C=O) groups is 1. The molecule has 18 heavy (non-hydrogen) atoms. The van der Waals surface area contributed by atoms with E-state index in [0.29, 0.717) is 0 Å². The second-order valence-electron chi connectivity index (χ2n) is 4.73. The summed E-state index contributed by atoms with van der Waals surface area (Å²) in [5.74, 6) is -0.0119. The minimum Gasteiger partial charge on any atom is -0.361 e. The van der Waals surface area contributed by atoms with Crippen LogP contribution >= 0.6 is 0 Å². The van der Waals surface area contributed by atoms with Crippen molar-refractivity contribution in [2.45, 2.75) is 19.3 Å². The Bertz CT molecular complexity index is 555. The van der Waals surface area contributed by atoms with Crippen LogP contribution in [-0.2, 0) is 0 Å². The van der Waals surface area contributed by atoms with Gasteiger partial charge in [0.25, 0.3) is 5.91 Å². The average molecular weight is 243 g/mol. The van der Waals surface area contributed by atoms with Gasteiger partial charge < -0.3 is 4.98 Å². The van der Waals surface area contributed by atoms with Gasteiger partial charge in [-0.2, -0.15) is 0 Å². The maximum Gasteiger partial charge on any atom is 0.266 e. The lowest BCUT2D eigenvalue weighted by Gasteiger charge is -2.26. The number of hydrogen-bond donors (Lipinski definition) is 2. The number of amides is 1. The van der Waals surface area contributed by atoms with Crippen LogP contribution in [0.15, 0.2) is 30.5 Å². The van der Waals surface area contributed by atoms with Crippen molar-refractivity contribution in [2.75, 3.05) is 13.1 Å². The molecule has 0 unspecified atom stereocenters. The van der Waals surface area contributed by atoms with Gasteiger partial charge in [0.2, 0.25) is 0 Å². The zero-order valence-electron chi connectivity index (χ0n) is 10.3. The molecule has 2 heterocycles. The van der Waals surface area contributed by atoms with E-state index in [2.05, 4.69) is 10.4 Å². The fourth-order valence-corrected chi connectivity index (χ4v) is 2.49. The third kappa shape index (κ3) is 2.11. The molecule has 2 N–H and O–H groups in total. The molecular formula is C14H17N3O. The molecule has 1 aromatic heterocycles. The van der Waals surface area contributed by atoms with Crippen molar-refractivity contribution in [2.24, 2.45) is 0 Å². The molecule has 1 aliphatic rings. The third-order valence-electron chi connectivity index (χ3n) is 3.46. The maximum absolute atomic E-state index is 12.3. The average Bonchev–Trinajstić information content (AvgIpc) is 2.87. The zero-order chi connectivity index (χ0) is 12.4. The van der Waals surface area contributed by atoms with Gasteiger partial charge in [-0.25, -0.2) is 5.01 Å². The van der Waals surface area contributed by atoms with E-state index in [1.807, 2.05) is 35.5 Å². The van der Waals surface area contributed by atoms with Gasteiger partial charge in [0.05, 0.1) is 5.56 Å². The number of nitrogens with one attached hydrogen (secondary N) is 2. The maximum atomic E-state index is 12.3. The van der Waals surface area contributed by atoms with Crippen LogP contribution in [-0.4, -0.2) is 29.0 Å². The number of rotatable bonds is 2. The number of piperidine rings is 1. The van der Waals surface area contributed by atoms with Gasteiger partial charge in [-0.05, 0) is 31.0 Å². The van der Waals surface area contributed by atoms with Gasteiger partial charge in [-0.1, -0.05) is 12.5 Å².